The van der Waals surface area contributed by atoms with E-state index in [0.29, 0.717) is 6.54 Å². The van der Waals surface area contributed by atoms with Gasteiger partial charge in [-0.15, -0.1) is 4.80 Å². The highest BCUT2D eigenvalue weighted by atomic mass is 19.1. The molecule has 0 aliphatic carbocycles. The summed E-state index contributed by atoms with van der Waals surface area (Å²) in [4.78, 5) is 20.5. The minimum Gasteiger partial charge on any atom is -0.336 e. The highest BCUT2D eigenvalue weighted by Crippen LogP contribution is 2.21. The first-order valence-electron chi connectivity index (χ1n) is 9.39. The van der Waals surface area contributed by atoms with Crippen molar-refractivity contribution in [2.45, 2.75) is 39.7 Å². The van der Waals surface area contributed by atoms with Crippen LogP contribution in [0.1, 0.15) is 41.9 Å². The summed E-state index contributed by atoms with van der Waals surface area (Å²) >= 11 is 0. The van der Waals surface area contributed by atoms with Crippen molar-refractivity contribution in [3.63, 3.8) is 0 Å². The molecule has 0 bridgehead atoms. The molecule has 2 heterocycles. The molecule has 0 aliphatic heterocycles. The third-order valence-corrected chi connectivity index (χ3v) is 4.76. The van der Waals surface area contributed by atoms with Gasteiger partial charge in [-0.1, -0.05) is 12.1 Å². The van der Waals surface area contributed by atoms with Crippen molar-refractivity contribution in [1.29, 1.82) is 0 Å². The smallest absolute Gasteiger partial charge is 0.256 e. The summed E-state index contributed by atoms with van der Waals surface area (Å²) in [7, 11) is 0. The molecular formula is C21H24FN5O. The number of hydrogen-bond acceptors (Lipinski definition) is 4. The topological polar surface area (TPSA) is 63.9 Å². The van der Waals surface area contributed by atoms with Gasteiger partial charge in [-0.2, -0.15) is 10.2 Å². The second kappa shape index (κ2) is 8.73. The molecule has 0 N–H and O–H groups in total. The minimum absolute atomic E-state index is 0.0256. The molecule has 3 aromatic rings. The number of nitrogens with zero attached hydrogens (tertiary/aromatic N) is 5. The largest absolute Gasteiger partial charge is 0.336 e. The van der Waals surface area contributed by atoms with Gasteiger partial charge in [0.2, 0.25) is 0 Å². The number of rotatable bonds is 7. The van der Waals surface area contributed by atoms with Crippen molar-refractivity contribution in [2.75, 3.05) is 6.54 Å². The van der Waals surface area contributed by atoms with Crippen molar-refractivity contribution >= 4 is 5.91 Å². The zero-order valence-corrected chi connectivity index (χ0v) is 16.3. The molecule has 6 nitrogen and oxygen atoms in total. The molecule has 1 atom stereocenters. The molecule has 28 heavy (non-hydrogen) atoms. The van der Waals surface area contributed by atoms with Crippen LogP contribution in [0.2, 0.25) is 0 Å². The molecule has 1 amide bonds. The van der Waals surface area contributed by atoms with Crippen LogP contribution in [0.4, 0.5) is 4.39 Å². The van der Waals surface area contributed by atoms with Gasteiger partial charge in [0.25, 0.3) is 5.91 Å². The van der Waals surface area contributed by atoms with E-state index in [4.69, 9.17) is 0 Å². The predicted molar refractivity (Wildman–Crippen MR) is 105 cm³/mol. The van der Waals surface area contributed by atoms with Crippen molar-refractivity contribution in [2.24, 2.45) is 0 Å². The zero-order chi connectivity index (χ0) is 20.1. The van der Waals surface area contributed by atoms with Crippen LogP contribution in [0.15, 0.2) is 48.9 Å². The number of para-hydroxylation sites is 1. The Labute approximate surface area is 164 Å². The molecule has 0 radical (unpaired) electrons. The van der Waals surface area contributed by atoms with Crippen LogP contribution < -0.4 is 0 Å². The van der Waals surface area contributed by atoms with Crippen LogP contribution in [0.5, 0.6) is 0 Å². The van der Waals surface area contributed by atoms with E-state index in [1.54, 1.807) is 11.0 Å². The Morgan fingerprint density at radius 2 is 1.96 bits per heavy atom. The SMILES string of the molecule is CCN(C(=O)c1cccc(F)c1-n1nccn1)[C@@H](C)CCc1ccc(C)cn1. The number of amides is 1. The molecule has 2 aromatic heterocycles. The van der Waals surface area contributed by atoms with Gasteiger partial charge in [0.15, 0.2) is 5.82 Å². The maximum Gasteiger partial charge on any atom is 0.256 e. The number of carbonyl (C=O) groups is 1. The van der Waals surface area contributed by atoms with E-state index in [2.05, 4.69) is 15.2 Å². The first-order chi connectivity index (χ1) is 13.5. The van der Waals surface area contributed by atoms with Gasteiger partial charge < -0.3 is 4.90 Å². The summed E-state index contributed by atoms with van der Waals surface area (Å²) in [5.41, 5.74) is 2.43. The second-order valence-corrected chi connectivity index (χ2v) is 6.76. The standard InChI is InChI=1S/C21H24FN5O/c1-4-26(16(3)9-11-17-10-8-15(2)14-23-17)21(28)18-6-5-7-19(22)20(18)27-24-12-13-25-27/h5-8,10,12-14,16H,4,9,11H2,1-3H3/t16-/m0/s1. The van der Waals surface area contributed by atoms with Gasteiger partial charge in [-0.25, -0.2) is 4.39 Å². The molecule has 0 unspecified atom stereocenters. The number of hydrogen-bond donors (Lipinski definition) is 0. The first kappa shape index (κ1) is 19.7. The van der Waals surface area contributed by atoms with Gasteiger partial charge in [-0.3, -0.25) is 9.78 Å². The lowest BCUT2D eigenvalue weighted by molar-refractivity contribution is 0.0695. The van der Waals surface area contributed by atoms with E-state index in [-0.39, 0.29) is 23.2 Å². The number of halogens is 1. The Morgan fingerprint density at radius 3 is 2.61 bits per heavy atom. The number of pyridine rings is 1. The normalized spacial score (nSPS) is 12.0. The van der Waals surface area contributed by atoms with Gasteiger partial charge in [0, 0.05) is 24.5 Å². The number of carbonyl (C=O) groups excluding carboxylic acids is 1. The molecular weight excluding hydrogens is 357 g/mol. The fourth-order valence-electron chi connectivity index (χ4n) is 3.19. The Kier molecular flexibility index (Phi) is 6.13. The number of aryl methyl sites for hydroxylation is 2. The second-order valence-electron chi connectivity index (χ2n) is 6.76. The summed E-state index contributed by atoms with van der Waals surface area (Å²) in [6, 6.07) is 8.46. The number of benzene rings is 1. The van der Waals surface area contributed by atoms with Crippen molar-refractivity contribution < 1.29 is 9.18 Å². The maximum absolute atomic E-state index is 14.5. The maximum atomic E-state index is 14.5. The van der Waals surface area contributed by atoms with Crippen LogP contribution in [0, 0.1) is 12.7 Å². The molecule has 0 aliphatic rings. The zero-order valence-electron chi connectivity index (χ0n) is 16.3. The summed E-state index contributed by atoms with van der Waals surface area (Å²) in [5, 5.41) is 7.98. The molecule has 0 spiro atoms. The van der Waals surface area contributed by atoms with Crippen LogP contribution in [-0.2, 0) is 6.42 Å². The van der Waals surface area contributed by atoms with E-state index in [1.165, 1.54) is 24.5 Å². The Hall–Kier alpha value is -3.09. The van der Waals surface area contributed by atoms with Gasteiger partial charge >= 0.3 is 0 Å². The van der Waals surface area contributed by atoms with Crippen LogP contribution in [0.25, 0.3) is 5.69 Å². The molecule has 146 valence electrons. The molecule has 0 fully saturated rings. The van der Waals surface area contributed by atoms with E-state index in [9.17, 15) is 9.18 Å². The van der Waals surface area contributed by atoms with Crippen molar-refractivity contribution in [1.82, 2.24) is 24.9 Å². The molecule has 0 saturated carbocycles. The van der Waals surface area contributed by atoms with Crippen molar-refractivity contribution in [3.05, 3.63) is 71.6 Å². The lowest BCUT2D eigenvalue weighted by Gasteiger charge is -2.29. The van der Waals surface area contributed by atoms with Crippen LogP contribution >= 0.6 is 0 Å². The average molecular weight is 381 g/mol. The molecule has 7 heteroatoms. The molecule has 1 aromatic carbocycles. The van der Waals surface area contributed by atoms with Crippen molar-refractivity contribution in [3.8, 4) is 5.69 Å². The van der Waals surface area contributed by atoms with E-state index in [0.717, 1.165) is 28.9 Å². The summed E-state index contributed by atoms with van der Waals surface area (Å²) in [6.07, 6.45) is 6.28. The predicted octanol–water partition coefficient (Wildman–Crippen LogP) is 3.59. The molecule has 3 rings (SSSR count). The lowest BCUT2D eigenvalue weighted by atomic mass is 10.1. The Bertz CT molecular complexity index is 924. The van der Waals surface area contributed by atoms with Gasteiger partial charge in [-0.05, 0) is 57.4 Å². The minimum atomic E-state index is -0.533. The fraction of sp³-hybridized carbons (Fsp3) is 0.333. The number of aromatic nitrogens is 4. The third kappa shape index (κ3) is 4.24. The monoisotopic (exact) mass is 381 g/mol. The van der Waals surface area contributed by atoms with E-state index >= 15 is 0 Å². The molecule has 0 saturated heterocycles. The van der Waals surface area contributed by atoms with Crippen LogP contribution in [0.3, 0.4) is 0 Å². The fourth-order valence-corrected chi connectivity index (χ4v) is 3.19. The van der Waals surface area contributed by atoms with Crippen LogP contribution in [-0.4, -0.2) is 43.4 Å². The first-order valence-corrected chi connectivity index (χ1v) is 9.39. The third-order valence-electron chi connectivity index (χ3n) is 4.76. The highest BCUT2D eigenvalue weighted by Gasteiger charge is 2.25. The van der Waals surface area contributed by atoms with Gasteiger partial charge in [0.05, 0.1) is 18.0 Å². The summed E-state index contributed by atoms with van der Waals surface area (Å²) in [5.74, 6) is -0.770. The Morgan fingerprint density at radius 1 is 1.21 bits per heavy atom. The van der Waals surface area contributed by atoms with E-state index in [1.807, 2.05) is 39.1 Å². The quantitative estimate of drug-likeness (QED) is 0.627. The lowest BCUT2D eigenvalue weighted by Crippen LogP contribution is -2.39. The van der Waals surface area contributed by atoms with E-state index < -0.39 is 5.82 Å². The van der Waals surface area contributed by atoms with Gasteiger partial charge in [0.1, 0.15) is 5.69 Å². The summed E-state index contributed by atoms with van der Waals surface area (Å²) < 4.78 is 14.5. The summed E-state index contributed by atoms with van der Waals surface area (Å²) in [6.45, 7) is 6.44. The average Bonchev–Trinajstić information content (AvgIpc) is 3.22. The Balaban J connectivity index is 1.80. The highest BCUT2D eigenvalue weighted by molar-refractivity contribution is 5.98.